The molecule has 0 N–H and O–H groups in total. The average molecular weight is 99.0 g/mol. The monoisotopic (exact) mass is 99.0 g/mol. The maximum atomic E-state index is 10.4. The highest BCUT2D eigenvalue weighted by Crippen LogP contribution is 2.13. The summed E-state index contributed by atoms with van der Waals surface area (Å²) in [7, 11) is 0. The van der Waals surface area contributed by atoms with Crippen molar-refractivity contribution in [2.45, 2.75) is 6.18 Å². The van der Waals surface area contributed by atoms with E-state index in [0.29, 0.717) is 0 Å². The molecule has 0 heterocycles. The summed E-state index contributed by atoms with van der Waals surface area (Å²) in [4.78, 5) is 0. The third-order valence-corrected chi connectivity index (χ3v) is 0.152. The van der Waals surface area contributed by atoms with Crippen LogP contribution in [0.5, 0.6) is 0 Å². The van der Waals surface area contributed by atoms with Crippen LogP contribution in [0.2, 0.25) is 0 Å². The highest BCUT2D eigenvalue weighted by atomic mass is 19.1. The van der Waals surface area contributed by atoms with Crippen LogP contribution in [0, 0.1) is 0 Å². The van der Waals surface area contributed by atoms with Crippen molar-refractivity contribution in [2.75, 3.05) is 6.67 Å². The predicted octanol–water partition coefficient (Wildman–Crippen LogP) is 1.52. The quantitative estimate of drug-likeness (QED) is 0.404. The van der Waals surface area contributed by atoms with Gasteiger partial charge < -0.3 is 0 Å². The zero-order valence-electron chi connectivity index (χ0n) is 2.72. The molecule has 0 radical (unpaired) electrons. The van der Waals surface area contributed by atoms with Gasteiger partial charge in [0.15, 0.2) is 6.67 Å². The molecule has 0 bridgehead atoms. The van der Waals surface area contributed by atoms with E-state index in [1.165, 1.54) is 0 Å². The Kier molecular flexibility index (Phi) is 1.38. The number of halogens is 4. The fourth-order valence-corrected chi connectivity index (χ4v) is 0. The van der Waals surface area contributed by atoms with Crippen LogP contribution in [0.4, 0.5) is 17.6 Å². The second kappa shape index (κ2) is 1.45. The molecule has 0 aliphatic heterocycles. The maximum Gasteiger partial charge on any atom is 0.416 e. The Bertz CT molecular complexity index is 35.3. The number of rotatable bonds is 0. The van der Waals surface area contributed by atoms with Gasteiger partial charge >= 0.3 is 6.18 Å². The van der Waals surface area contributed by atoms with Gasteiger partial charge in [0.1, 0.15) is 0 Å². The Morgan fingerprint density at radius 2 is 1.33 bits per heavy atom. The molecule has 38 valence electrons. The van der Waals surface area contributed by atoms with Crippen LogP contribution in [0.25, 0.3) is 0 Å². The summed E-state index contributed by atoms with van der Waals surface area (Å²) in [6.07, 6.45) is -4.62. The second-order valence-electron chi connectivity index (χ2n) is 0.749. The third kappa shape index (κ3) is 3.72. The molecule has 0 saturated heterocycles. The zero-order valence-corrected chi connectivity index (χ0v) is 2.72. The van der Waals surface area contributed by atoms with Gasteiger partial charge in [-0.1, -0.05) is 0 Å². The molecular formula is C2H2F4. The van der Waals surface area contributed by atoms with Gasteiger partial charge in [0, 0.05) is 0 Å². The summed E-state index contributed by atoms with van der Waals surface area (Å²) >= 11 is 0. The van der Waals surface area contributed by atoms with Gasteiger partial charge in [-0.05, 0) is 0 Å². The van der Waals surface area contributed by atoms with Crippen molar-refractivity contribution in [1.29, 1.82) is 0 Å². The van der Waals surface area contributed by atoms with Crippen LogP contribution < -0.4 is 0 Å². The standard InChI is InChI=1S/C2H2F4/c3-1-2(4,5)6/h1H2/i4-1,5-1,6-1. The maximum absolute atomic E-state index is 10.4. The lowest BCUT2D eigenvalue weighted by molar-refractivity contribution is -0.142. The molecule has 0 spiro atoms. The van der Waals surface area contributed by atoms with E-state index in [0.717, 1.165) is 0 Å². The summed E-state index contributed by atoms with van der Waals surface area (Å²) in [6, 6.07) is 0. The number of hydrogen-bond acceptors (Lipinski definition) is 0. The first-order chi connectivity index (χ1) is 2.56. The van der Waals surface area contributed by atoms with E-state index in [1.807, 2.05) is 0 Å². The fourth-order valence-electron chi connectivity index (χ4n) is 0. The van der Waals surface area contributed by atoms with Gasteiger partial charge in [0.25, 0.3) is 0 Å². The first kappa shape index (κ1) is 5.72. The lowest BCUT2D eigenvalue weighted by Gasteiger charge is -1.93. The summed E-state index contributed by atoms with van der Waals surface area (Å²) in [5.74, 6) is 0. The third-order valence-electron chi connectivity index (χ3n) is 0.152. The van der Waals surface area contributed by atoms with Crippen molar-refractivity contribution in [3.05, 3.63) is 0 Å². The van der Waals surface area contributed by atoms with Crippen molar-refractivity contribution in [3.8, 4) is 0 Å². The summed E-state index contributed by atoms with van der Waals surface area (Å²) in [5.41, 5.74) is 0. The molecule has 0 aliphatic rings. The van der Waals surface area contributed by atoms with Gasteiger partial charge in [0.2, 0.25) is 0 Å². The van der Waals surface area contributed by atoms with Crippen LogP contribution in [0.1, 0.15) is 0 Å². The minimum Gasteiger partial charge on any atom is -0.241 e. The first-order valence-electron chi connectivity index (χ1n) is 1.19. The van der Waals surface area contributed by atoms with Gasteiger partial charge in [-0.25, -0.2) is 4.39 Å². The first-order valence-corrected chi connectivity index (χ1v) is 1.19. The lowest BCUT2D eigenvalue weighted by atomic mass is 10.7. The summed E-state index contributed by atoms with van der Waals surface area (Å²) < 4.78 is 41.6. The topological polar surface area (TPSA) is 0 Å². The lowest BCUT2D eigenvalue weighted by Crippen LogP contribution is -2.08. The largest absolute Gasteiger partial charge is 0.416 e. The Morgan fingerprint density at radius 1 is 1.17 bits per heavy atom. The van der Waals surface area contributed by atoms with Crippen molar-refractivity contribution in [2.24, 2.45) is 0 Å². The molecule has 0 amide bonds. The molecule has 0 aromatic heterocycles. The van der Waals surface area contributed by atoms with Crippen LogP contribution in [-0.2, 0) is 0 Å². The Balaban J connectivity index is 3.17. The molecule has 0 saturated carbocycles. The van der Waals surface area contributed by atoms with Crippen molar-refractivity contribution in [3.63, 3.8) is 0 Å². The van der Waals surface area contributed by atoms with E-state index in [1.54, 1.807) is 0 Å². The summed E-state index contributed by atoms with van der Waals surface area (Å²) in [5, 5.41) is 0. The molecule has 0 aromatic rings. The van der Waals surface area contributed by atoms with E-state index in [9.17, 15) is 17.6 Å². The normalized spacial score (nSPS) is 12.0. The van der Waals surface area contributed by atoms with Crippen LogP contribution >= 0.6 is 0 Å². The Morgan fingerprint density at radius 3 is 1.33 bits per heavy atom. The molecule has 0 aromatic carbocycles. The predicted molar refractivity (Wildman–Crippen MR) is 12.0 cm³/mol. The molecule has 0 aliphatic carbocycles. The van der Waals surface area contributed by atoms with Gasteiger partial charge in [-0.15, -0.1) is 0 Å². The van der Waals surface area contributed by atoms with E-state index >= 15 is 0 Å². The SMILES string of the molecule is FCC([18F])([18F])[18F]. The molecule has 0 atom stereocenters. The van der Waals surface area contributed by atoms with Crippen LogP contribution in [0.15, 0.2) is 0 Å². The molecule has 0 rings (SSSR count). The summed E-state index contributed by atoms with van der Waals surface area (Å²) in [6.45, 7) is -2.23. The van der Waals surface area contributed by atoms with Gasteiger partial charge in [-0.3, -0.25) is 0 Å². The molecule has 0 fully saturated rings. The van der Waals surface area contributed by atoms with Gasteiger partial charge in [-0.2, -0.15) is 13.2 Å². The minimum absolute atomic E-state index is 2.23. The molecule has 6 heavy (non-hydrogen) atoms. The number of hydrogen-bond donors (Lipinski definition) is 0. The van der Waals surface area contributed by atoms with Crippen molar-refractivity contribution < 1.29 is 17.6 Å². The highest BCUT2D eigenvalue weighted by Gasteiger charge is 2.26. The molecule has 0 nitrogen and oxygen atoms in total. The Labute approximate surface area is 31.8 Å². The van der Waals surface area contributed by atoms with E-state index in [2.05, 4.69) is 0 Å². The number of alkyl halides is 4. The van der Waals surface area contributed by atoms with E-state index in [-0.39, 0.29) is 0 Å². The van der Waals surface area contributed by atoms with Crippen LogP contribution in [0.3, 0.4) is 0 Å². The second-order valence-corrected chi connectivity index (χ2v) is 0.749. The zero-order chi connectivity index (χ0) is 5.21. The molecular weight excluding hydrogens is 97.0 g/mol. The van der Waals surface area contributed by atoms with E-state index < -0.39 is 12.9 Å². The fraction of sp³-hybridized carbons (Fsp3) is 1.00. The van der Waals surface area contributed by atoms with Gasteiger partial charge in [0.05, 0.1) is 0 Å². The molecule has 0 unspecified atom stereocenters. The smallest absolute Gasteiger partial charge is 0.241 e. The van der Waals surface area contributed by atoms with Crippen molar-refractivity contribution >= 4 is 0 Å². The highest BCUT2D eigenvalue weighted by molar-refractivity contribution is 4.39. The van der Waals surface area contributed by atoms with E-state index in [4.69, 9.17) is 0 Å². The molecule has 4 heteroatoms. The van der Waals surface area contributed by atoms with Crippen LogP contribution in [-0.4, -0.2) is 12.9 Å². The van der Waals surface area contributed by atoms with Crippen molar-refractivity contribution in [1.82, 2.24) is 0 Å². The minimum atomic E-state index is -4.62. The average Bonchev–Trinajstić information content (AvgIpc) is 1.35. The Hall–Kier alpha value is -0.280.